The Morgan fingerprint density at radius 3 is 0.511 bits per heavy atom. The van der Waals surface area contributed by atoms with Crippen molar-refractivity contribution in [2.45, 2.75) is 246 Å². The molecule has 0 spiro atoms. The van der Waals surface area contributed by atoms with Gasteiger partial charge in [-0.2, -0.15) is 0 Å². The van der Waals surface area contributed by atoms with Crippen LogP contribution in [-0.4, -0.2) is 416 Å². The maximum Gasteiger partial charge on any atom is 0.187 e. The van der Waals surface area contributed by atoms with Gasteiger partial charge in [0.05, 0.1) is 58.9 Å². The van der Waals surface area contributed by atoms with Crippen LogP contribution in [0.15, 0.2) is 5.11 Å². The van der Waals surface area contributed by atoms with Gasteiger partial charge in [0.1, 0.15) is 189 Å². The summed E-state index contributed by atoms with van der Waals surface area (Å²) >= 11 is 0. The second kappa shape index (κ2) is 30.9. The summed E-state index contributed by atoms with van der Waals surface area (Å²) in [7, 11) is 0. The molecule has 30 fully saturated rings. The first kappa shape index (κ1) is 72.0. The lowest BCUT2D eigenvalue weighted by atomic mass is 9.94. The van der Waals surface area contributed by atoms with Gasteiger partial charge < -0.3 is 193 Å². The fourth-order valence-corrected chi connectivity index (χ4v) is 12.1. The Bertz CT molecular complexity index is 2280. The predicted molar refractivity (Wildman–Crippen MR) is 268 cm³/mol. The summed E-state index contributed by atoms with van der Waals surface area (Å²) in [6.45, 7) is -8.72. The van der Waals surface area contributed by atoms with Crippen LogP contribution in [0.5, 0.6) is 0 Å². The summed E-state index contributed by atoms with van der Waals surface area (Å²) in [6.07, 6.45) is -80.1. The highest BCUT2D eigenvalue weighted by Gasteiger charge is 2.60. The predicted octanol–water partition coefficient (Wildman–Crippen LogP) is -16.1. The Labute approximate surface area is 506 Å². The Balaban J connectivity index is 0.990. The lowest BCUT2D eigenvalue weighted by Crippen LogP contribution is -2.69. The Hall–Kier alpha value is -2.25. The van der Waals surface area contributed by atoms with E-state index < -0.39 is 298 Å². The Morgan fingerprint density at radius 1 is 0.211 bits per heavy atom. The molecule has 520 valence electrons. The average molecular weight is 1320 g/mol. The molecule has 30 saturated heterocycles. The summed E-state index contributed by atoms with van der Waals surface area (Å²) in [4.78, 5) is 2.69. The molecule has 16 bridgehead atoms. The number of azide groups is 1. The molecule has 0 saturated carbocycles. The van der Waals surface area contributed by atoms with Crippen molar-refractivity contribution in [2.24, 2.45) is 5.11 Å². The largest absolute Gasteiger partial charge is 0.394 e. The third-order valence-corrected chi connectivity index (χ3v) is 17.1. The third kappa shape index (κ3) is 14.1. The maximum absolute atomic E-state index is 11.6. The molecule has 23 N–H and O–H groups in total. The summed E-state index contributed by atoms with van der Waals surface area (Å²) in [6, 6.07) is -1.93. The number of hydrogen-bond acceptors (Lipinski definition) is 40. The zero-order valence-electron chi connectivity index (χ0n) is 46.9. The summed E-state index contributed by atoms with van der Waals surface area (Å²) in [5.74, 6) is 0. The minimum Gasteiger partial charge on any atom is -0.394 e. The van der Waals surface area contributed by atoms with Gasteiger partial charge in [-0.1, -0.05) is 5.11 Å². The lowest BCUT2D eigenvalue weighted by Gasteiger charge is -2.50. The topological polar surface area (TPSA) is 662 Å². The molecule has 90 heavy (non-hydrogen) atoms. The van der Waals surface area contributed by atoms with Crippen molar-refractivity contribution in [3.05, 3.63) is 10.4 Å². The van der Waals surface area contributed by atoms with Crippen LogP contribution < -0.4 is 0 Å². The van der Waals surface area contributed by atoms with E-state index in [9.17, 15) is 123 Å². The summed E-state index contributed by atoms with van der Waals surface area (Å²) in [5.41, 5.74) is 9.63. The molecule has 30 rings (SSSR count). The molecule has 40 atom stereocenters. The Morgan fingerprint density at radius 2 is 0.356 bits per heavy atom. The second-order valence-electron chi connectivity index (χ2n) is 22.7. The number of rotatable bonds is 9. The molecular weight excluding hydrogens is 1240 g/mol. The smallest absolute Gasteiger partial charge is 0.187 e. The van der Waals surface area contributed by atoms with E-state index in [1.807, 2.05) is 0 Å². The van der Waals surface area contributed by atoms with Crippen LogP contribution in [0.1, 0.15) is 0 Å². The van der Waals surface area contributed by atoms with Crippen molar-refractivity contribution >= 4 is 0 Å². The van der Waals surface area contributed by atoms with E-state index in [0.29, 0.717) is 0 Å². The van der Waals surface area contributed by atoms with Gasteiger partial charge in [0.2, 0.25) is 0 Å². The van der Waals surface area contributed by atoms with E-state index in [2.05, 4.69) is 10.0 Å². The molecule has 0 unspecified atom stereocenters. The summed E-state index contributed by atoms with van der Waals surface area (Å²) < 4.78 is 91.5. The van der Waals surface area contributed by atoms with Gasteiger partial charge in [0.25, 0.3) is 0 Å². The lowest BCUT2D eigenvalue weighted by molar-refractivity contribution is -0.401. The molecule has 30 aliphatic rings. The zero-order valence-corrected chi connectivity index (χ0v) is 46.9. The van der Waals surface area contributed by atoms with Crippen LogP contribution in [0, 0.1) is 0 Å². The molecule has 0 aromatic heterocycles. The molecule has 0 aliphatic carbocycles. The monoisotopic (exact) mass is 1320 g/mol. The summed E-state index contributed by atoms with van der Waals surface area (Å²) in [5, 5.41) is 258. The van der Waals surface area contributed by atoms with E-state index >= 15 is 0 Å². The van der Waals surface area contributed by atoms with Crippen LogP contribution in [-0.2, 0) is 75.8 Å². The molecule has 0 radical (unpaired) electrons. The first-order valence-corrected chi connectivity index (χ1v) is 28.5. The van der Waals surface area contributed by atoms with Crippen LogP contribution in [0.2, 0.25) is 0 Å². The quantitative estimate of drug-likeness (QED) is 0.0579. The van der Waals surface area contributed by atoms with Crippen LogP contribution in [0.25, 0.3) is 10.4 Å². The van der Waals surface area contributed by atoms with E-state index in [4.69, 9.17) is 75.8 Å². The fraction of sp³-hybridized carbons (Fsp3) is 1.00. The van der Waals surface area contributed by atoms with Crippen LogP contribution in [0.4, 0.5) is 0 Å². The van der Waals surface area contributed by atoms with Crippen molar-refractivity contribution in [1.29, 1.82) is 0 Å². The van der Waals surface area contributed by atoms with E-state index in [1.54, 1.807) is 0 Å². The molecule has 30 heterocycles. The van der Waals surface area contributed by atoms with E-state index in [-0.39, 0.29) is 0 Å². The first-order valence-electron chi connectivity index (χ1n) is 28.5. The van der Waals surface area contributed by atoms with E-state index in [0.717, 1.165) is 0 Å². The SMILES string of the molecule is [N-]=[N+]=N[C@H]1[C@H](O)[C@H]2O[C@H]3[C@H](O)[C@@H](O)[C@@H](O[C@H]4[C@H](O)[C@@H](O)[C@@H](O[C@H]5[C@H](O)[C@@H](O)[C@@H](O[C@H]6[C@H](O)[C@@H](O)[C@@H](O[C@H]7[C@H](O)[C@@H](O)[C@@H](O[C@H]8[C@H](O)[C@@H](O)[C@@H](O[C@H]9[C@H](O)[C@@H](O)[C@@H](O[C@@H]1[C@@H](CO)O2)O[C@@H]9CO)O[C@@H]8CO)O[C@@H]7CO)O[C@@H]6CO)O[C@@H]5CO)O[C@@H]4CO)O[C@@H]3CO. The highest BCUT2D eigenvalue weighted by molar-refractivity contribution is 5.03. The number of ether oxygens (including phenoxy) is 16. The third-order valence-electron chi connectivity index (χ3n) is 17.1. The van der Waals surface area contributed by atoms with Crippen molar-refractivity contribution in [3.63, 3.8) is 0 Å². The van der Waals surface area contributed by atoms with Gasteiger partial charge in [0, 0.05) is 4.91 Å². The van der Waals surface area contributed by atoms with Crippen molar-refractivity contribution in [2.75, 3.05) is 52.9 Å². The standard InChI is InChI=1S/C48H79N3O39/c49-51-50-17-18(60)41-75-9(1-52)33(17)83-42-26(68)19(61)35(11(3-54)76-42)85-44-28(70)21(63)37(13(5-56)78-44)87-46-30(72)23(65)39(15(7-58)80-46)89-48-32(74)25(67)40(16(8-59)82-48)90-47-31(73)24(66)38(14(6-57)81-47)88-45-29(71)22(64)36(12(4-55)79-45)86-43-27(69)20(62)34(84-41)10(2-53)77-43/h9-48,52-74H,1-8H2/t9-,10-,11-,12-,13-,14-,15-,16-,17+,18+,19-,20-,21-,22-,23-,24-,25-,26-,27-,28-,29-,30-,31-,32-,33-,34-,35-,36-,37-,38-,39-,40-,41-,42-,43-,44-,45-,46-,47-,48-/m1/s1. The molecular formula is C48H79N3O39. The van der Waals surface area contributed by atoms with Crippen molar-refractivity contribution in [3.8, 4) is 0 Å². The maximum atomic E-state index is 11.6. The second-order valence-corrected chi connectivity index (χ2v) is 22.7. The molecule has 0 amide bonds. The van der Waals surface area contributed by atoms with Gasteiger partial charge in [-0.15, -0.1) is 0 Å². The molecule has 0 aromatic rings. The molecule has 42 heteroatoms. The number of aliphatic hydroxyl groups is 23. The number of aliphatic hydroxyl groups excluding tert-OH is 23. The molecule has 30 aliphatic heterocycles. The Kier molecular flexibility index (Phi) is 24.7. The number of hydrogen-bond donors (Lipinski definition) is 23. The minimum absolute atomic E-state index is 1.08. The van der Waals surface area contributed by atoms with Gasteiger partial charge in [-0.05, 0) is 5.53 Å². The van der Waals surface area contributed by atoms with Gasteiger partial charge >= 0.3 is 0 Å². The molecule has 0 aromatic carbocycles. The minimum atomic E-state index is -2.27. The zero-order chi connectivity index (χ0) is 65.5. The average Bonchev–Trinajstić information content (AvgIpc) is 0.791. The highest BCUT2D eigenvalue weighted by atomic mass is 16.8. The van der Waals surface area contributed by atoms with Gasteiger partial charge in [-0.25, -0.2) is 0 Å². The van der Waals surface area contributed by atoms with Gasteiger partial charge in [-0.3, -0.25) is 0 Å². The normalized spacial score (nSPS) is 54.3. The van der Waals surface area contributed by atoms with Crippen LogP contribution in [0.3, 0.4) is 0 Å². The fourth-order valence-electron chi connectivity index (χ4n) is 12.1. The van der Waals surface area contributed by atoms with Gasteiger partial charge in [0.15, 0.2) is 50.3 Å². The van der Waals surface area contributed by atoms with E-state index in [1.165, 1.54) is 0 Å². The molecule has 42 nitrogen and oxygen atoms in total. The van der Waals surface area contributed by atoms with Crippen molar-refractivity contribution < 1.29 is 193 Å². The highest BCUT2D eigenvalue weighted by Crippen LogP contribution is 2.40. The van der Waals surface area contributed by atoms with Crippen LogP contribution >= 0.6 is 0 Å². The number of nitrogens with zero attached hydrogens (tertiary/aromatic N) is 3. The first-order chi connectivity index (χ1) is 42.9. The van der Waals surface area contributed by atoms with Crippen molar-refractivity contribution in [1.82, 2.24) is 0 Å².